The quantitative estimate of drug-likeness (QED) is 0.418. The van der Waals surface area contributed by atoms with E-state index in [9.17, 15) is 19.5 Å². The first-order valence-corrected chi connectivity index (χ1v) is 10.6. The summed E-state index contributed by atoms with van der Waals surface area (Å²) in [7, 11) is 0. The van der Waals surface area contributed by atoms with Gasteiger partial charge in [0.05, 0.1) is 19.5 Å². The van der Waals surface area contributed by atoms with Crippen molar-refractivity contribution in [2.75, 3.05) is 6.61 Å². The summed E-state index contributed by atoms with van der Waals surface area (Å²) < 4.78 is 4.03. The van der Waals surface area contributed by atoms with Crippen molar-refractivity contribution in [1.82, 2.24) is 24.0 Å². The van der Waals surface area contributed by atoms with Gasteiger partial charge in [-0.15, -0.1) is 0 Å². The second-order valence-electron chi connectivity index (χ2n) is 7.93. The molecule has 1 amide bonds. The predicted octanol–water partition coefficient (Wildman–Crippen LogP) is 0.953. The molecule has 0 fully saturated rings. The summed E-state index contributed by atoms with van der Waals surface area (Å²) in [5.41, 5.74) is 1.15. The first kappa shape index (κ1) is 22.2. The summed E-state index contributed by atoms with van der Waals surface area (Å²) in [4.78, 5) is 43.5. The van der Waals surface area contributed by atoms with Crippen molar-refractivity contribution in [3.05, 3.63) is 99.0 Å². The summed E-state index contributed by atoms with van der Waals surface area (Å²) >= 11 is 0. The summed E-state index contributed by atoms with van der Waals surface area (Å²) in [6.45, 7) is 1.52. The highest BCUT2D eigenvalue weighted by molar-refractivity contribution is 5.77. The van der Waals surface area contributed by atoms with Gasteiger partial charge in [0.2, 0.25) is 5.91 Å². The fraction of sp³-hybridized carbons (Fsp3) is 0.250. The monoisotopic (exact) mass is 447 g/mol. The minimum absolute atomic E-state index is 0.202. The van der Waals surface area contributed by atoms with Gasteiger partial charge < -0.3 is 15.0 Å². The molecule has 0 saturated carbocycles. The average Bonchev–Trinajstić information content (AvgIpc) is 3.24. The molecule has 2 N–H and O–H groups in total. The van der Waals surface area contributed by atoms with Gasteiger partial charge in [0.25, 0.3) is 5.56 Å². The SMILES string of the molecule is CC(CO)NC(=O)Cn1c(=O)c2c(ncn2Cc2ccccc2)n(Cc2ccccc2)c1=O. The van der Waals surface area contributed by atoms with Crippen LogP contribution in [0, 0.1) is 0 Å². The largest absolute Gasteiger partial charge is 0.394 e. The van der Waals surface area contributed by atoms with Gasteiger partial charge in [-0.2, -0.15) is 0 Å². The first-order chi connectivity index (χ1) is 16.0. The van der Waals surface area contributed by atoms with Gasteiger partial charge in [-0.05, 0) is 18.1 Å². The van der Waals surface area contributed by atoms with Crippen LogP contribution in [0.15, 0.2) is 76.6 Å². The van der Waals surface area contributed by atoms with E-state index in [1.807, 2.05) is 60.7 Å². The number of hydrogen-bond acceptors (Lipinski definition) is 5. The lowest BCUT2D eigenvalue weighted by Crippen LogP contribution is -2.46. The Morgan fingerprint density at radius 1 is 0.970 bits per heavy atom. The second kappa shape index (κ2) is 9.66. The molecule has 0 saturated heterocycles. The van der Waals surface area contributed by atoms with E-state index in [0.29, 0.717) is 6.54 Å². The molecule has 4 aromatic rings. The van der Waals surface area contributed by atoms with Gasteiger partial charge in [0, 0.05) is 12.6 Å². The lowest BCUT2D eigenvalue weighted by atomic mass is 10.2. The minimum atomic E-state index is -0.617. The number of rotatable bonds is 8. The van der Waals surface area contributed by atoms with Gasteiger partial charge in [-0.25, -0.2) is 14.3 Å². The number of carbonyl (C=O) groups is 1. The number of benzene rings is 2. The number of aromatic nitrogens is 4. The number of aliphatic hydroxyl groups is 1. The van der Waals surface area contributed by atoms with Crippen LogP contribution in [-0.4, -0.2) is 42.3 Å². The third-order valence-corrected chi connectivity index (χ3v) is 5.35. The molecular formula is C24H25N5O4. The van der Waals surface area contributed by atoms with E-state index < -0.39 is 29.7 Å². The predicted molar refractivity (Wildman–Crippen MR) is 124 cm³/mol. The van der Waals surface area contributed by atoms with Crippen molar-refractivity contribution in [3.63, 3.8) is 0 Å². The number of aliphatic hydroxyl groups excluding tert-OH is 1. The van der Waals surface area contributed by atoms with E-state index in [0.717, 1.165) is 15.7 Å². The summed E-state index contributed by atoms with van der Waals surface area (Å²) in [5.74, 6) is -0.532. The number of imidazole rings is 1. The molecule has 2 aromatic carbocycles. The van der Waals surface area contributed by atoms with E-state index in [1.165, 1.54) is 10.9 Å². The zero-order chi connectivity index (χ0) is 23.4. The van der Waals surface area contributed by atoms with Crippen molar-refractivity contribution < 1.29 is 9.90 Å². The normalized spacial score (nSPS) is 12.1. The van der Waals surface area contributed by atoms with E-state index in [4.69, 9.17) is 0 Å². The highest BCUT2D eigenvalue weighted by Crippen LogP contribution is 2.12. The Morgan fingerprint density at radius 3 is 2.18 bits per heavy atom. The molecule has 0 aliphatic rings. The maximum atomic E-state index is 13.4. The third kappa shape index (κ3) is 4.78. The number of carbonyl (C=O) groups excluding carboxylic acids is 1. The molecule has 2 aromatic heterocycles. The molecule has 9 nitrogen and oxygen atoms in total. The molecule has 4 rings (SSSR count). The number of amides is 1. The van der Waals surface area contributed by atoms with Gasteiger partial charge in [-0.1, -0.05) is 60.7 Å². The van der Waals surface area contributed by atoms with Gasteiger partial charge in [0.1, 0.15) is 6.54 Å². The maximum Gasteiger partial charge on any atom is 0.333 e. The van der Waals surface area contributed by atoms with Crippen LogP contribution in [-0.2, 0) is 24.4 Å². The van der Waals surface area contributed by atoms with E-state index in [1.54, 1.807) is 11.5 Å². The minimum Gasteiger partial charge on any atom is -0.394 e. The number of hydrogen-bond donors (Lipinski definition) is 2. The number of fused-ring (bicyclic) bond motifs is 1. The topological polar surface area (TPSA) is 111 Å². The van der Waals surface area contributed by atoms with Crippen molar-refractivity contribution in [1.29, 1.82) is 0 Å². The van der Waals surface area contributed by atoms with Crippen LogP contribution in [0.25, 0.3) is 11.2 Å². The Labute approximate surface area is 189 Å². The summed E-state index contributed by atoms with van der Waals surface area (Å²) in [6.07, 6.45) is 1.54. The van der Waals surface area contributed by atoms with Crippen LogP contribution < -0.4 is 16.6 Å². The molecule has 1 unspecified atom stereocenters. The summed E-state index contributed by atoms with van der Waals surface area (Å²) in [5, 5.41) is 11.8. The van der Waals surface area contributed by atoms with Crippen LogP contribution in [0.3, 0.4) is 0 Å². The Balaban J connectivity index is 1.84. The number of nitrogens with one attached hydrogen (secondary N) is 1. The van der Waals surface area contributed by atoms with E-state index >= 15 is 0 Å². The van der Waals surface area contributed by atoms with E-state index in [-0.39, 0.29) is 24.3 Å². The lowest BCUT2D eigenvalue weighted by Gasteiger charge is -2.14. The second-order valence-corrected chi connectivity index (χ2v) is 7.93. The zero-order valence-electron chi connectivity index (χ0n) is 18.2. The lowest BCUT2D eigenvalue weighted by molar-refractivity contribution is -0.122. The molecule has 2 heterocycles. The molecular weight excluding hydrogens is 422 g/mol. The average molecular weight is 447 g/mol. The number of nitrogens with zero attached hydrogens (tertiary/aromatic N) is 4. The Kier molecular flexibility index (Phi) is 6.50. The first-order valence-electron chi connectivity index (χ1n) is 10.6. The molecule has 0 spiro atoms. The van der Waals surface area contributed by atoms with Crippen LogP contribution in [0.5, 0.6) is 0 Å². The molecule has 0 aliphatic heterocycles. The Bertz CT molecular complexity index is 1370. The van der Waals surface area contributed by atoms with Gasteiger partial charge >= 0.3 is 5.69 Å². The van der Waals surface area contributed by atoms with Gasteiger partial charge in [0.15, 0.2) is 11.2 Å². The highest BCUT2D eigenvalue weighted by Gasteiger charge is 2.20. The van der Waals surface area contributed by atoms with Crippen LogP contribution in [0.1, 0.15) is 18.1 Å². The standard InChI is InChI=1S/C24H25N5O4/c1-17(15-30)26-20(31)14-29-23(32)21-22(25-16-27(21)12-18-8-4-2-5-9-18)28(24(29)33)13-19-10-6-3-7-11-19/h2-11,16-17,30H,12-15H2,1H3,(H,26,31). The Hall–Kier alpha value is -3.98. The Morgan fingerprint density at radius 2 is 1.58 bits per heavy atom. The summed E-state index contributed by atoms with van der Waals surface area (Å²) in [6, 6.07) is 18.5. The van der Waals surface area contributed by atoms with Crippen LogP contribution >= 0.6 is 0 Å². The highest BCUT2D eigenvalue weighted by atomic mass is 16.3. The third-order valence-electron chi connectivity index (χ3n) is 5.35. The smallest absolute Gasteiger partial charge is 0.333 e. The van der Waals surface area contributed by atoms with Crippen molar-refractivity contribution >= 4 is 17.1 Å². The molecule has 9 heteroatoms. The fourth-order valence-corrected chi connectivity index (χ4v) is 3.70. The maximum absolute atomic E-state index is 13.4. The molecule has 170 valence electrons. The zero-order valence-corrected chi connectivity index (χ0v) is 18.2. The van der Waals surface area contributed by atoms with Crippen molar-refractivity contribution in [2.24, 2.45) is 0 Å². The van der Waals surface area contributed by atoms with Crippen molar-refractivity contribution in [3.8, 4) is 0 Å². The molecule has 1 atom stereocenters. The molecule has 0 radical (unpaired) electrons. The molecule has 33 heavy (non-hydrogen) atoms. The fourth-order valence-electron chi connectivity index (χ4n) is 3.70. The van der Waals surface area contributed by atoms with Crippen molar-refractivity contribution in [2.45, 2.75) is 32.6 Å². The van der Waals surface area contributed by atoms with E-state index in [2.05, 4.69) is 10.3 Å². The molecule has 0 aliphatic carbocycles. The molecule has 0 bridgehead atoms. The van der Waals surface area contributed by atoms with Gasteiger partial charge in [-0.3, -0.25) is 14.2 Å². The van der Waals surface area contributed by atoms with Crippen LogP contribution in [0.4, 0.5) is 0 Å². The van der Waals surface area contributed by atoms with Crippen LogP contribution in [0.2, 0.25) is 0 Å².